The number of nitrogens with zero attached hydrogens (tertiary/aromatic N) is 2. The summed E-state index contributed by atoms with van der Waals surface area (Å²) in [5, 5.41) is 8.92. The van der Waals surface area contributed by atoms with Gasteiger partial charge in [-0.2, -0.15) is 0 Å². The number of rotatable bonds is 9. The topological polar surface area (TPSA) is 104 Å². The highest BCUT2D eigenvalue weighted by atomic mass is 35.5. The highest BCUT2D eigenvalue weighted by Crippen LogP contribution is 2.27. The number of benzene rings is 4. The normalized spacial score (nSPS) is 11.9. The van der Waals surface area contributed by atoms with Gasteiger partial charge in [-0.15, -0.1) is 0 Å². The number of carbonyl (C=O) groups excluding carboxylic acids is 3. The molecule has 0 heterocycles. The lowest BCUT2D eigenvalue weighted by Gasteiger charge is -2.29. The molecule has 246 valence electrons. The molecule has 0 saturated heterocycles. The van der Waals surface area contributed by atoms with E-state index in [4.69, 9.17) is 27.9 Å². The molecule has 0 radical (unpaired) electrons. The van der Waals surface area contributed by atoms with Gasteiger partial charge in [-0.1, -0.05) is 59.6 Å². The second kappa shape index (κ2) is 16.7. The number of ether oxygens (including phenoxy) is 1. The molecule has 8 nitrogen and oxygen atoms in total. The number of halogens is 4. The lowest BCUT2D eigenvalue weighted by atomic mass is 10.1. The summed E-state index contributed by atoms with van der Waals surface area (Å²) in [6.45, 7) is 6.38. The van der Waals surface area contributed by atoms with E-state index in [0.29, 0.717) is 16.8 Å². The van der Waals surface area contributed by atoms with Gasteiger partial charge in [-0.25, -0.2) is 18.4 Å². The Morgan fingerprint density at radius 3 is 1.36 bits per heavy atom. The summed E-state index contributed by atoms with van der Waals surface area (Å²) < 4.78 is 32.0. The van der Waals surface area contributed by atoms with Gasteiger partial charge in [0.1, 0.15) is 23.7 Å². The SMILES string of the molecule is CC(C)OC(=O)[C@@H](C)N(C(=O)c1ccccc1)c1ccc(F)c(Cl)c1.C[C@H](C(=O)O)N(C(=O)c1ccccc1)c1ccc(F)c(Cl)c1. The van der Waals surface area contributed by atoms with E-state index in [1.54, 1.807) is 81.4 Å². The number of carbonyl (C=O) groups is 4. The van der Waals surface area contributed by atoms with Gasteiger partial charge in [-0.3, -0.25) is 19.4 Å². The van der Waals surface area contributed by atoms with Gasteiger partial charge in [0.2, 0.25) is 0 Å². The average Bonchev–Trinajstić information content (AvgIpc) is 3.05. The first-order valence-electron chi connectivity index (χ1n) is 14.3. The van der Waals surface area contributed by atoms with Crippen LogP contribution >= 0.6 is 23.2 Å². The van der Waals surface area contributed by atoms with Crippen molar-refractivity contribution in [2.45, 2.75) is 45.9 Å². The lowest BCUT2D eigenvalue weighted by Crippen LogP contribution is -2.45. The number of esters is 1. The number of hydrogen-bond acceptors (Lipinski definition) is 5. The quantitative estimate of drug-likeness (QED) is 0.179. The number of carboxylic acid groups (broad SMARTS) is 1. The van der Waals surface area contributed by atoms with Crippen molar-refractivity contribution < 1.29 is 37.8 Å². The largest absolute Gasteiger partial charge is 0.480 e. The van der Waals surface area contributed by atoms with Gasteiger partial charge < -0.3 is 9.84 Å². The van der Waals surface area contributed by atoms with Crippen molar-refractivity contribution in [3.05, 3.63) is 130 Å². The van der Waals surface area contributed by atoms with Crippen molar-refractivity contribution in [1.82, 2.24) is 0 Å². The van der Waals surface area contributed by atoms with Crippen molar-refractivity contribution in [2.75, 3.05) is 9.80 Å². The molecule has 2 atom stereocenters. The van der Waals surface area contributed by atoms with Gasteiger partial charge in [0.05, 0.1) is 16.1 Å². The van der Waals surface area contributed by atoms with E-state index in [0.717, 1.165) is 17.0 Å². The average molecular weight is 686 g/mol. The van der Waals surface area contributed by atoms with Crippen LogP contribution in [-0.4, -0.2) is 47.0 Å². The summed E-state index contributed by atoms with van der Waals surface area (Å²) in [4.78, 5) is 51.5. The van der Waals surface area contributed by atoms with Gasteiger partial charge in [-0.05, 0) is 88.4 Å². The standard InChI is InChI=1S/C19H19ClFNO3.C16H13ClFNO3/c1-12(2)25-19(24)13(3)22(15-9-10-17(21)16(20)11-15)18(23)14-7-5-4-6-8-14;1-10(16(21)22)19(12-7-8-14(18)13(17)9-12)15(20)11-5-3-2-4-6-11/h4-13H,1-3H3;2-10H,1H3,(H,21,22)/t13-;10-/m11/s1. The first kappa shape index (κ1) is 36.7. The van der Waals surface area contributed by atoms with Crippen LogP contribution in [0.4, 0.5) is 20.2 Å². The third kappa shape index (κ3) is 9.60. The molecule has 0 unspecified atom stereocenters. The minimum Gasteiger partial charge on any atom is -0.480 e. The molecule has 1 N–H and O–H groups in total. The van der Waals surface area contributed by atoms with Crippen molar-refractivity contribution in [3.8, 4) is 0 Å². The summed E-state index contributed by atoms with van der Waals surface area (Å²) in [6, 6.07) is 22.3. The third-order valence-corrected chi connectivity index (χ3v) is 7.25. The fourth-order valence-corrected chi connectivity index (χ4v) is 4.64. The van der Waals surface area contributed by atoms with Crippen LogP contribution in [0.1, 0.15) is 48.4 Å². The molecular weight excluding hydrogens is 653 g/mol. The van der Waals surface area contributed by atoms with Crippen LogP contribution in [0.5, 0.6) is 0 Å². The number of amides is 2. The molecule has 0 saturated carbocycles. The fraction of sp³-hybridized carbons (Fsp3) is 0.200. The molecule has 2 amide bonds. The molecule has 0 aliphatic rings. The van der Waals surface area contributed by atoms with Crippen molar-refractivity contribution >= 4 is 58.3 Å². The summed E-state index contributed by atoms with van der Waals surface area (Å²) in [7, 11) is 0. The zero-order valence-corrected chi connectivity index (χ0v) is 27.4. The zero-order chi connectivity index (χ0) is 34.8. The number of hydrogen-bond donors (Lipinski definition) is 1. The van der Waals surface area contributed by atoms with E-state index in [1.807, 2.05) is 0 Å². The van der Waals surface area contributed by atoms with Gasteiger partial charge >= 0.3 is 11.9 Å². The second-order valence-electron chi connectivity index (χ2n) is 10.5. The Labute approximate surface area is 281 Å². The molecular formula is C35H32Cl2F2N2O6. The predicted molar refractivity (Wildman–Crippen MR) is 177 cm³/mol. The van der Waals surface area contributed by atoms with E-state index in [2.05, 4.69) is 0 Å². The van der Waals surface area contributed by atoms with Crippen LogP contribution < -0.4 is 9.80 Å². The molecule has 4 rings (SSSR count). The maximum Gasteiger partial charge on any atom is 0.329 e. The van der Waals surface area contributed by atoms with Crippen LogP contribution in [-0.2, 0) is 14.3 Å². The third-order valence-electron chi connectivity index (χ3n) is 6.67. The lowest BCUT2D eigenvalue weighted by molar-refractivity contribution is -0.148. The molecule has 0 aliphatic heterocycles. The summed E-state index contributed by atoms with van der Waals surface area (Å²) in [5.74, 6) is -3.88. The number of carboxylic acids is 1. The molecule has 0 aliphatic carbocycles. The molecule has 4 aromatic carbocycles. The van der Waals surface area contributed by atoms with Gasteiger partial charge in [0.15, 0.2) is 0 Å². The van der Waals surface area contributed by atoms with Crippen LogP contribution in [0.2, 0.25) is 10.0 Å². The monoisotopic (exact) mass is 684 g/mol. The minimum absolute atomic E-state index is 0.132. The Kier molecular flexibility index (Phi) is 13.0. The molecule has 12 heteroatoms. The Morgan fingerprint density at radius 2 is 1.02 bits per heavy atom. The Balaban J connectivity index is 0.000000257. The van der Waals surface area contributed by atoms with E-state index < -0.39 is 47.5 Å². The summed E-state index contributed by atoms with van der Waals surface area (Å²) in [5.41, 5.74) is 1.26. The van der Waals surface area contributed by atoms with Crippen LogP contribution in [0.15, 0.2) is 97.1 Å². The summed E-state index contributed by atoms with van der Waals surface area (Å²) >= 11 is 11.6. The van der Waals surface area contributed by atoms with E-state index >= 15 is 0 Å². The highest BCUT2D eigenvalue weighted by molar-refractivity contribution is 6.31. The Hall–Kier alpha value is -4.80. The Morgan fingerprint density at radius 1 is 0.638 bits per heavy atom. The van der Waals surface area contributed by atoms with Gasteiger partial charge in [0, 0.05) is 22.5 Å². The minimum atomic E-state index is -1.18. The van der Waals surface area contributed by atoms with Crippen molar-refractivity contribution in [1.29, 1.82) is 0 Å². The second-order valence-corrected chi connectivity index (χ2v) is 11.3. The predicted octanol–water partition coefficient (Wildman–Crippen LogP) is 8.07. The van der Waals surface area contributed by atoms with E-state index in [1.165, 1.54) is 36.1 Å². The summed E-state index contributed by atoms with van der Waals surface area (Å²) in [6.07, 6.45) is -0.319. The Bertz CT molecular complexity index is 1720. The molecule has 0 bridgehead atoms. The van der Waals surface area contributed by atoms with E-state index in [9.17, 15) is 33.1 Å². The fourth-order valence-electron chi connectivity index (χ4n) is 4.29. The van der Waals surface area contributed by atoms with Crippen molar-refractivity contribution in [2.24, 2.45) is 0 Å². The zero-order valence-electron chi connectivity index (χ0n) is 25.9. The molecule has 0 fully saturated rings. The maximum absolute atomic E-state index is 13.5. The van der Waals surface area contributed by atoms with Gasteiger partial charge in [0.25, 0.3) is 11.8 Å². The number of anilines is 2. The first-order chi connectivity index (χ1) is 22.2. The first-order valence-corrected chi connectivity index (χ1v) is 15.1. The maximum atomic E-state index is 13.5. The van der Waals surface area contributed by atoms with E-state index in [-0.39, 0.29) is 21.8 Å². The van der Waals surface area contributed by atoms with Crippen LogP contribution in [0.25, 0.3) is 0 Å². The molecule has 47 heavy (non-hydrogen) atoms. The van der Waals surface area contributed by atoms with Crippen LogP contribution in [0, 0.1) is 11.6 Å². The molecule has 0 aromatic heterocycles. The molecule has 4 aromatic rings. The van der Waals surface area contributed by atoms with Crippen LogP contribution in [0.3, 0.4) is 0 Å². The smallest absolute Gasteiger partial charge is 0.329 e. The highest BCUT2D eigenvalue weighted by Gasteiger charge is 2.31. The van der Waals surface area contributed by atoms with Crippen molar-refractivity contribution in [3.63, 3.8) is 0 Å². The number of aliphatic carboxylic acids is 1. The molecule has 0 spiro atoms.